The van der Waals surface area contributed by atoms with Crippen LogP contribution in [0.1, 0.15) is 478 Å². The highest BCUT2D eigenvalue weighted by Crippen LogP contribution is 2.45. The molecule has 0 aromatic heterocycles. The van der Waals surface area contributed by atoms with E-state index in [1.54, 1.807) is 0 Å². The van der Waals surface area contributed by atoms with Crippen molar-refractivity contribution in [1.29, 1.82) is 0 Å². The number of unbranched alkanes of at least 4 members (excludes halogenated alkanes) is 57. The van der Waals surface area contributed by atoms with Gasteiger partial charge in [0.15, 0.2) is 12.2 Å². The van der Waals surface area contributed by atoms with Gasteiger partial charge in [0.05, 0.1) is 26.4 Å². The zero-order chi connectivity index (χ0) is 79.2. The molecule has 0 aromatic carbocycles. The normalized spacial score (nSPS) is 14.0. The Hall–Kier alpha value is -1.94. The quantitative estimate of drug-likeness (QED) is 0.0222. The highest BCUT2D eigenvalue weighted by Gasteiger charge is 2.31. The second-order valence-corrected chi connectivity index (χ2v) is 35.6. The molecule has 0 heterocycles. The van der Waals surface area contributed by atoms with Gasteiger partial charge in [-0.1, -0.05) is 427 Å². The molecular formula is C89H174O17P2. The van der Waals surface area contributed by atoms with E-state index in [-0.39, 0.29) is 25.7 Å². The molecule has 108 heavy (non-hydrogen) atoms. The van der Waals surface area contributed by atoms with Crippen LogP contribution in [0.4, 0.5) is 0 Å². The number of hydrogen-bond acceptors (Lipinski definition) is 15. The smallest absolute Gasteiger partial charge is 0.462 e. The lowest BCUT2D eigenvalue weighted by molar-refractivity contribution is -0.161. The van der Waals surface area contributed by atoms with Crippen LogP contribution >= 0.6 is 15.6 Å². The van der Waals surface area contributed by atoms with Gasteiger partial charge in [0.1, 0.15) is 19.3 Å². The first-order valence-corrected chi connectivity index (χ1v) is 49.0. The van der Waals surface area contributed by atoms with Crippen molar-refractivity contribution in [2.45, 2.75) is 496 Å². The molecule has 0 rings (SSSR count). The minimum atomic E-state index is -4.97. The van der Waals surface area contributed by atoms with Crippen molar-refractivity contribution >= 4 is 39.5 Å². The first-order valence-electron chi connectivity index (χ1n) is 46.0. The van der Waals surface area contributed by atoms with Gasteiger partial charge in [0.2, 0.25) is 0 Å². The fraction of sp³-hybridized carbons (Fsp3) is 0.955. The summed E-state index contributed by atoms with van der Waals surface area (Å²) in [6.07, 6.45) is 73.8. The van der Waals surface area contributed by atoms with Crippen molar-refractivity contribution in [3.05, 3.63) is 0 Å². The molecule has 642 valence electrons. The number of phosphoric acid groups is 2. The molecule has 6 atom stereocenters. The van der Waals surface area contributed by atoms with Gasteiger partial charge in [0, 0.05) is 25.7 Å². The number of rotatable bonds is 88. The molecule has 0 aliphatic carbocycles. The van der Waals surface area contributed by atoms with Crippen LogP contribution < -0.4 is 0 Å². The lowest BCUT2D eigenvalue weighted by Gasteiger charge is -2.21. The summed E-state index contributed by atoms with van der Waals surface area (Å²) in [6.45, 7) is 9.75. The van der Waals surface area contributed by atoms with E-state index in [0.717, 1.165) is 108 Å². The largest absolute Gasteiger partial charge is 0.472 e. The highest BCUT2D eigenvalue weighted by molar-refractivity contribution is 7.47. The zero-order valence-corrected chi connectivity index (χ0v) is 73.0. The summed E-state index contributed by atoms with van der Waals surface area (Å²) < 4.78 is 68.9. The predicted octanol–water partition coefficient (Wildman–Crippen LogP) is 27.4. The van der Waals surface area contributed by atoms with Crippen molar-refractivity contribution < 1.29 is 80.2 Å². The first-order chi connectivity index (χ1) is 52.4. The van der Waals surface area contributed by atoms with E-state index in [0.29, 0.717) is 25.7 Å². The average Bonchev–Trinajstić information content (AvgIpc) is 0.899. The van der Waals surface area contributed by atoms with Crippen molar-refractivity contribution in [3.63, 3.8) is 0 Å². The summed E-state index contributed by atoms with van der Waals surface area (Å²) in [5.74, 6) is -0.428. The Morgan fingerprint density at radius 1 is 0.269 bits per heavy atom. The van der Waals surface area contributed by atoms with Gasteiger partial charge < -0.3 is 33.8 Å². The summed E-state index contributed by atoms with van der Waals surface area (Å²) in [7, 11) is -9.93. The van der Waals surface area contributed by atoms with Crippen molar-refractivity contribution in [2.24, 2.45) is 11.8 Å². The number of esters is 4. The highest BCUT2D eigenvalue weighted by atomic mass is 31.2. The summed E-state index contributed by atoms with van der Waals surface area (Å²) in [6, 6.07) is 0. The molecule has 0 saturated heterocycles. The molecule has 0 radical (unpaired) electrons. The number of aliphatic hydroxyl groups excluding tert-OH is 1. The molecule has 0 fully saturated rings. The number of aliphatic hydroxyl groups is 1. The SMILES string of the molecule is CCCCCCCCCCCCCCCCCCCCCCC(=O)OC[C@H](COP(=O)(O)OC[C@@H](O)COP(=O)(O)OC[C@@H](COC(=O)CCCCCCCCCC)OC(=O)CCCCCCCCCCCCCCCCCC(C)C)OC(=O)CCCCCCCCCCCCCCCCCCCCC(C)CC. The van der Waals surface area contributed by atoms with Crippen LogP contribution in [0.25, 0.3) is 0 Å². The Balaban J connectivity index is 5.18. The molecule has 3 N–H and O–H groups in total. The fourth-order valence-electron chi connectivity index (χ4n) is 13.9. The van der Waals surface area contributed by atoms with E-state index in [9.17, 15) is 43.2 Å². The van der Waals surface area contributed by atoms with E-state index >= 15 is 0 Å². The molecule has 0 aromatic rings. The molecule has 0 amide bonds. The summed E-state index contributed by atoms with van der Waals surface area (Å²) in [5, 5.41) is 10.7. The summed E-state index contributed by atoms with van der Waals surface area (Å²) >= 11 is 0. The second-order valence-electron chi connectivity index (χ2n) is 32.7. The third kappa shape index (κ3) is 80.7. The topological polar surface area (TPSA) is 237 Å². The van der Waals surface area contributed by atoms with Gasteiger partial charge in [-0.05, 0) is 37.5 Å². The van der Waals surface area contributed by atoms with Gasteiger partial charge in [-0.15, -0.1) is 0 Å². The maximum Gasteiger partial charge on any atom is 0.472 e. The van der Waals surface area contributed by atoms with Gasteiger partial charge >= 0.3 is 39.5 Å². The van der Waals surface area contributed by atoms with Crippen LogP contribution in [0.5, 0.6) is 0 Å². The molecule has 0 spiro atoms. The molecule has 0 aliphatic rings. The maximum absolute atomic E-state index is 13.2. The van der Waals surface area contributed by atoms with Crippen molar-refractivity contribution in [3.8, 4) is 0 Å². The van der Waals surface area contributed by atoms with Gasteiger partial charge in [0.25, 0.3) is 0 Å². The Labute approximate surface area is 664 Å². The summed E-state index contributed by atoms with van der Waals surface area (Å²) in [4.78, 5) is 73.2. The monoisotopic (exact) mass is 1580 g/mol. The van der Waals surface area contributed by atoms with Gasteiger partial charge in [-0.2, -0.15) is 0 Å². The third-order valence-electron chi connectivity index (χ3n) is 21.3. The standard InChI is InChI=1S/C89H174O17P2/c1-7-10-12-14-16-18-19-20-21-22-23-24-28-33-38-43-48-54-60-66-72-87(92)100-78-85(106-89(94)74-67-61-55-49-44-39-34-29-26-25-27-32-37-42-47-52-58-64-70-82(6)9-3)80-104-108(97,98)102-76-83(90)75-101-107(95,96)103-79-84(77-99-86(91)71-65-59-53-17-15-13-11-8-2)105-88(93)73-68-62-56-50-45-40-35-30-31-36-41-46-51-57-63-69-81(4)5/h81-85,90H,7-80H2,1-6H3,(H,95,96)(H,97,98)/t82?,83-,84+,85+/m0/s1. The molecular weight excluding hydrogens is 1400 g/mol. The number of carbonyl (C=O) groups is 4. The van der Waals surface area contributed by atoms with Crippen LogP contribution in [-0.4, -0.2) is 96.7 Å². The molecule has 3 unspecified atom stereocenters. The predicted molar refractivity (Wildman–Crippen MR) is 446 cm³/mol. The Morgan fingerprint density at radius 2 is 0.472 bits per heavy atom. The number of hydrogen-bond donors (Lipinski definition) is 3. The minimum Gasteiger partial charge on any atom is -0.462 e. The Bertz CT molecular complexity index is 2070. The third-order valence-corrected chi connectivity index (χ3v) is 23.2. The maximum atomic E-state index is 13.2. The minimum absolute atomic E-state index is 0.108. The second kappa shape index (κ2) is 80.3. The molecule has 0 aliphatic heterocycles. The van der Waals surface area contributed by atoms with Crippen LogP contribution in [0.3, 0.4) is 0 Å². The van der Waals surface area contributed by atoms with Crippen LogP contribution in [0.2, 0.25) is 0 Å². The molecule has 0 saturated carbocycles. The molecule has 17 nitrogen and oxygen atoms in total. The zero-order valence-electron chi connectivity index (χ0n) is 71.2. The summed E-state index contributed by atoms with van der Waals surface area (Å²) in [5.41, 5.74) is 0. The number of carbonyl (C=O) groups excluding carboxylic acids is 4. The van der Waals surface area contributed by atoms with E-state index in [4.69, 9.17) is 37.0 Å². The van der Waals surface area contributed by atoms with E-state index < -0.39 is 97.5 Å². The molecule has 19 heteroatoms. The van der Waals surface area contributed by atoms with E-state index in [1.807, 2.05) is 0 Å². The van der Waals surface area contributed by atoms with Crippen LogP contribution in [0, 0.1) is 11.8 Å². The van der Waals surface area contributed by atoms with E-state index in [2.05, 4.69) is 41.5 Å². The average molecular weight is 1580 g/mol. The molecule has 0 bridgehead atoms. The van der Waals surface area contributed by atoms with E-state index in [1.165, 1.54) is 289 Å². The fourth-order valence-corrected chi connectivity index (χ4v) is 15.5. The van der Waals surface area contributed by atoms with Crippen LogP contribution in [-0.2, 0) is 65.4 Å². The van der Waals surface area contributed by atoms with Gasteiger partial charge in [-0.3, -0.25) is 37.3 Å². The number of phosphoric ester groups is 2. The lowest BCUT2D eigenvalue weighted by atomic mass is 9.99. The number of ether oxygens (including phenoxy) is 4. The van der Waals surface area contributed by atoms with Crippen molar-refractivity contribution in [1.82, 2.24) is 0 Å². The van der Waals surface area contributed by atoms with Crippen molar-refractivity contribution in [2.75, 3.05) is 39.6 Å². The Kier molecular flexibility index (Phi) is 78.8. The van der Waals surface area contributed by atoms with Gasteiger partial charge in [-0.25, -0.2) is 9.13 Å². The Morgan fingerprint density at radius 3 is 0.704 bits per heavy atom. The first kappa shape index (κ1) is 106. The lowest BCUT2D eigenvalue weighted by Crippen LogP contribution is -2.30. The van der Waals surface area contributed by atoms with Crippen LogP contribution in [0.15, 0.2) is 0 Å².